The van der Waals surface area contributed by atoms with Crippen LogP contribution in [0.15, 0.2) is 29.2 Å². The van der Waals surface area contributed by atoms with E-state index in [1.807, 2.05) is 26.0 Å². The van der Waals surface area contributed by atoms with Crippen LogP contribution in [0.3, 0.4) is 0 Å². The van der Waals surface area contributed by atoms with Crippen molar-refractivity contribution >= 4 is 11.8 Å². The van der Waals surface area contributed by atoms with Gasteiger partial charge in [-0.2, -0.15) is 13.2 Å². The van der Waals surface area contributed by atoms with Crippen molar-refractivity contribution in [3.63, 3.8) is 0 Å². The van der Waals surface area contributed by atoms with Gasteiger partial charge in [-0.3, -0.25) is 0 Å². The van der Waals surface area contributed by atoms with E-state index in [0.717, 1.165) is 28.8 Å². The molecule has 0 spiro atoms. The van der Waals surface area contributed by atoms with Gasteiger partial charge < -0.3 is 10.4 Å². The van der Waals surface area contributed by atoms with Gasteiger partial charge in [0.1, 0.15) is 0 Å². The van der Waals surface area contributed by atoms with Crippen LogP contribution in [0.4, 0.5) is 13.2 Å². The minimum atomic E-state index is -4.55. The number of hydrogen-bond donors (Lipinski definition) is 2. The summed E-state index contributed by atoms with van der Waals surface area (Å²) in [5.74, 6) is -0.382. The Hall–Kier alpha value is -0.720. The Morgan fingerprint density at radius 3 is 2.26 bits per heavy atom. The fraction of sp³-hybridized carbons (Fsp3) is 0.538. The smallest absolute Gasteiger partial charge is 0.383 e. The number of aliphatic hydroxyl groups is 1. The topological polar surface area (TPSA) is 32.3 Å². The van der Waals surface area contributed by atoms with Gasteiger partial charge in [-0.05, 0) is 17.7 Å². The summed E-state index contributed by atoms with van der Waals surface area (Å²) in [6.45, 7) is 4.82. The summed E-state index contributed by atoms with van der Waals surface area (Å²) in [4.78, 5) is 0.719. The summed E-state index contributed by atoms with van der Waals surface area (Å²) in [5, 5.41) is 12.1. The molecule has 2 N–H and O–H groups in total. The van der Waals surface area contributed by atoms with E-state index in [9.17, 15) is 13.2 Å². The van der Waals surface area contributed by atoms with Crippen LogP contribution in [0.2, 0.25) is 0 Å². The van der Waals surface area contributed by atoms with Crippen LogP contribution in [-0.4, -0.2) is 29.2 Å². The van der Waals surface area contributed by atoms with Crippen molar-refractivity contribution in [2.45, 2.75) is 43.6 Å². The normalized spacial score (nSPS) is 13.8. The average Bonchev–Trinajstić information content (AvgIpc) is 2.33. The van der Waals surface area contributed by atoms with Gasteiger partial charge in [0.05, 0.1) is 0 Å². The Morgan fingerprint density at radius 2 is 1.79 bits per heavy atom. The Morgan fingerprint density at radius 1 is 1.21 bits per heavy atom. The van der Waals surface area contributed by atoms with E-state index in [1.165, 1.54) is 0 Å². The number of alkyl halides is 3. The Balaban J connectivity index is 2.44. The molecular formula is C13H18F3NOS. The minimum absolute atomic E-state index is 0.382. The first-order valence-corrected chi connectivity index (χ1v) is 6.97. The summed E-state index contributed by atoms with van der Waals surface area (Å²) in [5.41, 5.74) is 1.08. The lowest BCUT2D eigenvalue weighted by Gasteiger charge is -2.14. The maximum absolute atomic E-state index is 12.1. The molecule has 108 valence electrons. The predicted octanol–water partition coefficient (Wildman–Crippen LogP) is 3.20. The zero-order valence-electron chi connectivity index (χ0n) is 10.9. The molecule has 0 aliphatic rings. The summed E-state index contributed by atoms with van der Waals surface area (Å²) >= 11 is 0.998. The van der Waals surface area contributed by atoms with Crippen molar-refractivity contribution in [1.82, 2.24) is 5.32 Å². The van der Waals surface area contributed by atoms with Crippen LogP contribution in [0.1, 0.15) is 19.4 Å². The number of halogens is 3. The highest BCUT2D eigenvalue weighted by atomic mass is 32.2. The Labute approximate surface area is 115 Å². The van der Waals surface area contributed by atoms with Crippen molar-refractivity contribution in [3.05, 3.63) is 29.8 Å². The first-order chi connectivity index (χ1) is 8.79. The molecule has 0 aliphatic heterocycles. The van der Waals surface area contributed by atoms with Gasteiger partial charge in [-0.1, -0.05) is 26.0 Å². The molecule has 1 unspecified atom stereocenters. The second-order valence-electron chi connectivity index (χ2n) is 4.55. The van der Waals surface area contributed by atoms with Crippen LogP contribution < -0.4 is 5.32 Å². The molecule has 0 fully saturated rings. The predicted molar refractivity (Wildman–Crippen MR) is 71.2 cm³/mol. The van der Waals surface area contributed by atoms with Crippen molar-refractivity contribution < 1.29 is 18.3 Å². The lowest BCUT2D eigenvalue weighted by molar-refractivity contribution is -0.195. The maximum atomic E-state index is 12.1. The molecule has 0 radical (unpaired) electrons. The molecule has 0 heterocycles. The molecule has 1 atom stereocenters. The fourth-order valence-electron chi connectivity index (χ4n) is 1.30. The van der Waals surface area contributed by atoms with Gasteiger partial charge in [0.25, 0.3) is 0 Å². The fourth-order valence-corrected chi connectivity index (χ4v) is 2.16. The van der Waals surface area contributed by atoms with Crippen LogP contribution in [0, 0.1) is 0 Å². The highest BCUT2D eigenvalue weighted by Gasteiger charge is 2.37. The van der Waals surface area contributed by atoms with E-state index in [4.69, 9.17) is 5.11 Å². The number of rotatable bonds is 6. The second-order valence-corrected chi connectivity index (χ2v) is 5.64. The van der Waals surface area contributed by atoms with Gasteiger partial charge in [0, 0.05) is 23.2 Å². The third-order valence-electron chi connectivity index (χ3n) is 2.42. The molecule has 1 aromatic rings. The molecule has 0 aromatic heterocycles. The zero-order chi connectivity index (χ0) is 14.5. The van der Waals surface area contributed by atoms with E-state index in [0.29, 0.717) is 6.04 Å². The van der Waals surface area contributed by atoms with E-state index < -0.39 is 12.3 Å². The standard InChI is InChI=1S/C13H18F3NOS/c1-9(2)17-7-10-3-5-11(6-4-10)19-8-12(18)13(14,15)16/h3-6,9,12,17-18H,7-8H2,1-2H3. The summed E-state index contributed by atoms with van der Waals surface area (Å²) in [7, 11) is 0. The van der Waals surface area contributed by atoms with E-state index in [-0.39, 0.29) is 5.75 Å². The quantitative estimate of drug-likeness (QED) is 0.790. The van der Waals surface area contributed by atoms with Gasteiger partial charge >= 0.3 is 6.18 Å². The largest absolute Gasteiger partial charge is 0.415 e. The van der Waals surface area contributed by atoms with Gasteiger partial charge in [0.2, 0.25) is 0 Å². The van der Waals surface area contributed by atoms with Crippen molar-refractivity contribution in [3.8, 4) is 0 Å². The van der Waals surface area contributed by atoms with Crippen LogP contribution in [0.25, 0.3) is 0 Å². The molecule has 0 saturated heterocycles. The molecule has 1 rings (SSSR count). The highest BCUT2D eigenvalue weighted by Crippen LogP contribution is 2.26. The lowest BCUT2D eigenvalue weighted by atomic mass is 10.2. The molecule has 1 aromatic carbocycles. The number of aliphatic hydroxyl groups excluding tert-OH is 1. The average molecular weight is 293 g/mol. The van der Waals surface area contributed by atoms with Crippen molar-refractivity contribution in [1.29, 1.82) is 0 Å². The monoisotopic (exact) mass is 293 g/mol. The Bertz CT molecular complexity index is 378. The summed E-state index contributed by atoms with van der Waals surface area (Å²) in [6, 6.07) is 7.67. The van der Waals surface area contributed by atoms with Crippen LogP contribution in [0.5, 0.6) is 0 Å². The first kappa shape index (κ1) is 16.3. The minimum Gasteiger partial charge on any atom is -0.383 e. The number of hydrogen-bond acceptors (Lipinski definition) is 3. The molecule has 0 aliphatic carbocycles. The van der Waals surface area contributed by atoms with E-state index in [1.54, 1.807) is 12.1 Å². The van der Waals surface area contributed by atoms with Crippen molar-refractivity contribution in [2.24, 2.45) is 0 Å². The molecule has 19 heavy (non-hydrogen) atoms. The third kappa shape index (κ3) is 6.31. The summed E-state index contributed by atoms with van der Waals surface area (Å²) in [6.07, 6.45) is -6.83. The van der Waals surface area contributed by atoms with Crippen LogP contribution >= 0.6 is 11.8 Å². The van der Waals surface area contributed by atoms with Gasteiger partial charge in [0.15, 0.2) is 6.10 Å². The highest BCUT2D eigenvalue weighted by molar-refractivity contribution is 7.99. The Kier molecular flexibility index (Phi) is 6.16. The zero-order valence-corrected chi connectivity index (χ0v) is 11.7. The molecule has 6 heteroatoms. The second kappa shape index (κ2) is 7.17. The van der Waals surface area contributed by atoms with Gasteiger partial charge in [-0.15, -0.1) is 11.8 Å². The molecule has 2 nitrogen and oxygen atoms in total. The van der Waals surface area contributed by atoms with E-state index in [2.05, 4.69) is 5.32 Å². The SMILES string of the molecule is CC(C)NCc1ccc(SCC(O)C(F)(F)F)cc1. The molecule has 0 saturated carbocycles. The number of nitrogens with one attached hydrogen (secondary N) is 1. The van der Waals surface area contributed by atoms with E-state index >= 15 is 0 Å². The third-order valence-corrected chi connectivity index (χ3v) is 3.51. The molecule has 0 bridgehead atoms. The molecular weight excluding hydrogens is 275 g/mol. The lowest BCUT2D eigenvalue weighted by Crippen LogP contribution is -2.30. The van der Waals surface area contributed by atoms with Crippen LogP contribution in [-0.2, 0) is 6.54 Å². The number of benzene rings is 1. The summed E-state index contributed by atoms with van der Waals surface area (Å²) < 4.78 is 36.4. The first-order valence-electron chi connectivity index (χ1n) is 5.99. The van der Waals surface area contributed by atoms with Gasteiger partial charge in [-0.25, -0.2) is 0 Å². The number of thioether (sulfide) groups is 1. The van der Waals surface area contributed by atoms with Crippen molar-refractivity contribution in [2.75, 3.05) is 5.75 Å². The maximum Gasteiger partial charge on any atom is 0.415 e. The molecule has 0 amide bonds.